The van der Waals surface area contributed by atoms with Crippen molar-refractivity contribution in [1.82, 2.24) is 29.8 Å². The third-order valence-electron chi connectivity index (χ3n) is 4.77. The second-order valence-corrected chi connectivity index (χ2v) is 7.71. The summed E-state index contributed by atoms with van der Waals surface area (Å²) in [7, 11) is 0. The Morgan fingerprint density at radius 1 is 1.32 bits per heavy atom. The van der Waals surface area contributed by atoms with E-state index in [-0.39, 0.29) is 17.0 Å². The van der Waals surface area contributed by atoms with Gasteiger partial charge in [-0.25, -0.2) is 19.4 Å². The second-order valence-electron chi connectivity index (χ2n) is 7.71. The monoisotopic (exact) mass is 341 g/mol. The van der Waals surface area contributed by atoms with Gasteiger partial charge in [-0.15, -0.1) is 0 Å². The van der Waals surface area contributed by atoms with E-state index in [1.54, 1.807) is 6.20 Å². The normalized spacial score (nSPS) is 18.8. The minimum Gasteiger partial charge on any atom is -0.354 e. The summed E-state index contributed by atoms with van der Waals surface area (Å²) in [5.74, 6) is 1.86. The molecule has 0 amide bonds. The Bertz CT molecular complexity index is 946. The van der Waals surface area contributed by atoms with Gasteiger partial charge in [0, 0.05) is 36.8 Å². The molecule has 1 fully saturated rings. The molecule has 1 atom stereocenters. The van der Waals surface area contributed by atoms with Gasteiger partial charge in [0.25, 0.3) is 0 Å². The zero-order valence-electron chi connectivity index (χ0n) is 14.8. The lowest BCUT2D eigenvalue weighted by Gasteiger charge is -2.32. The van der Waals surface area contributed by atoms with E-state index >= 15 is 0 Å². The van der Waals surface area contributed by atoms with Crippen LogP contribution in [0.4, 0.5) is 5.82 Å². The number of hydrogen-bond donors (Lipinski definition) is 2. The lowest BCUT2D eigenvalue weighted by Crippen LogP contribution is -2.35. The highest BCUT2D eigenvalue weighted by molar-refractivity contribution is 5.69. The summed E-state index contributed by atoms with van der Waals surface area (Å²) in [6.07, 6.45) is 5.72. The predicted molar refractivity (Wildman–Crippen MR) is 95.1 cm³/mol. The van der Waals surface area contributed by atoms with Gasteiger partial charge in [-0.05, 0) is 18.9 Å². The molecule has 8 nitrogen and oxygen atoms in total. The van der Waals surface area contributed by atoms with Gasteiger partial charge in [0.05, 0.1) is 5.69 Å². The van der Waals surface area contributed by atoms with Crippen LogP contribution in [-0.4, -0.2) is 42.9 Å². The lowest BCUT2D eigenvalue weighted by molar-refractivity contribution is 0.490. The second kappa shape index (κ2) is 5.72. The molecule has 1 aliphatic heterocycles. The number of anilines is 1. The van der Waals surface area contributed by atoms with E-state index in [1.165, 1.54) is 0 Å². The topological polar surface area (TPSA) is 95.0 Å². The summed E-state index contributed by atoms with van der Waals surface area (Å²) in [6, 6.07) is 2.13. The zero-order valence-corrected chi connectivity index (χ0v) is 14.8. The summed E-state index contributed by atoms with van der Waals surface area (Å²) >= 11 is 0. The van der Waals surface area contributed by atoms with Crippen LogP contribution in [0.1, 0.15) is 51.0 Å². The highest BCUT2D eigenvalue weighted by Gasteiger charge is 2.27. The third-order valence-corrected chi connectivity index (χ3v) is 4.77. The van der Waals surface area contributed by atoms with E-state index in [9.17, 15) is 4.79 Å². The summed E-state index contributed by atoms with van der Waals surface area (Å²) < 4.78 is 1.91. The summed E-state index contributed by atoms with van der Waals surface area (Å²) in [5.41, 5.74) is 1.80. The van der Waals surface area contributed by atoms with Crippen LogP contribution in [-0.2, 0) is 5.41 Å². The number of rotatable bonds is 2. The van der Waals surface area contributed by atoms with E-state index in [2.05, 4.69) is 51.9 Å². The molecule has 0 saturated carbocycles. The molecule has 0 aromatic carbocycles. The Morgan fingerprint density at radius 3 is 2.88 bits per heavy atom. The third kappa shape index (κ3) is 2.92. The summed E-state index contributed by atoms with van der Waals surface area (Å²) in [5, 5.41) is 11.3. The Balaban J connectivity index is 1.69. The Hall–Kier alpha value is -2.64. The van der Waals surface area contributed by atoms with Crippen LogP contribution < -0.4 is 10.6 Å². The number of nitrogens with one attached hydrogen (secondary N) is 2. The van der Waals surface area contributed by atoms with Crippen molar-refractivity contribution in [3.63, 3.8) is 0 Å². The first-order valence-corrected chi connectivity index (χ1v) is 8.66. The van der Waals surface area contributed by atoms with Crippen LogP contribution >= 0.6 is 0 Å². The molecule has 1 unspecified atom stereocenters. The van der Waals surface area contributed by atoms with Crippen molar-refractivity contribution in [1.29, 1.82) is 0 Å². The van der Waals surface area contributed by atoms with Gasteiger partial charge in [-0.1, -0.05) is 20.8 Å². The van der Waals surface area contributed by atoms with Gasteiger partial charge in [-0.2, -0.15) is 10.2 Å². The van der Waals surface area contributed by atoms with E-state index in [0.717, 1.165) is 48.8 Å². The van der Waals surface area contributed by atoms with Crippen molar-refractivity contribution >= 4 is 11.3 Å². The first-order chi connectivity index (χ1) is 11.9. The highest BCUT2D eigenvalue weighted by Crippen LogP contribution is 2.30. The van der Waals surface area contributed by atoms with Crippen LogP contribution in [0, 0.1) is 0 Å². The molecule has 4 heterocycles. The number of hydrogen-bond acceptors (Lipinski definition) is 5. The molecule has 0 aliphatic carbocycles. The fourth-order valence-corrected chi connectivity index (χ4v) is 3.39. The molecular weight excluding hydrogens is 318 g/mol. The maximum atomic E-state index is 11.3. The molecular formula is C17H23N7O. The summed E-state index contributed by atoms with van der Waals surface area (Å²) in [6.45, 7) is 8.20. The van der Waals surface area contributed by atoms with E-state index in [1.807, 2.05) is 10.7 Å². The number of nitrogens with zero attached hydrogens (tertiary/aromatic N) is 5. The van der Waals surface area contributed by atoms with E-state index < -0.39 is 0 Å². The number of aromatic amines is 2. The molecule has 3 aromatic rings. The molecule has 25 heavy (non-hydrogen) atoms. The number of fused-ring (bicyclic) bond motifs is 1. The van der Waals surface area contributed by atoms with Gasteiger partial charge in [-0.3, -0.25) is 4.98 Å². The maximum Gasteiger partial charge on any atom is 0.340 e. The van der Waals surface area contributed by atoms with Crippen LogP contribution in [0.2, 0.25) is 0 Å². The standard InChI is InChI=1S/C17H23N7O/c1-17(2,3)13-9-12-15(18-6-8-24(12)22-13)23-7-4-5-11(10-23)14-19-16(25)21-20-14/h6,8-9,11H,4-5,7,10H2,1-3H3,(H2,19,20,21,25). The number of piperidine rings is 1. The van der Waals surface area contributed by atoms with Crippen molar-refractivity contribution in [2.75, 3.05) is 18.0 Å². The minimum atomic E-state index is -0.252. The molecule has 4 rings (SSSR count). The number of H-pyrrole nitrogens is 2. The van der Waals surface area contributed by atoms with Crippen molar-refractivity contribution < 1.29 is 0 Å². The molecule has 1 aliphatic rings. The minimum absolute atomic E-state index is 0.0117. The molecule has 3 aromatic heterocycles. The van der Waals surface area contributed by atoms with Crippen LogP contribution in [0.15, 0.2) is 23.3 Å². The molecule has 2 N–H and O–H groups in total. The zero-order chi connectivity index (χ0) is 17.6. The van der Waals surface area contributed by atoms with Crippen molar-refractivity contribution in [3.8, 4) is 0 Å². The van der Waals surface area contributed by atoms with Crippen LogP contribution in [0.25, 0.3) is 5.52 Å². The Labute approximate surface area is 145 Å². The lowest BCUT2D eigenvalue weighted by atomic mass is 9.92. The summed E-state index contributed by atoms with van der Waals surface area (Å²) in [4.78, 5) is 21.0. The van der Waals surface area contributed by atoms with Crippen molar-refractivity contribution in [2.24, 2.45) is 0 Å². The maximum absolute atomic E-state index is 11.3. The van der Waals surface area contributed by atoms with Crippen molar-refractivity contribution in [2.45, 2.75) is 44.9 Å². The average molecular weight is 341 g/mol. The largest absolute Gasteiger partial charge is 0.354 e. The van der Waals surface area contributed by atoms with Crippen molar-refractivity contribution in [3.05, 3.63) is 40.5 Å². The molecule has 0 spiro atoms. The van der Waals surface area contributed by atoms with Crippen LogP contribution in [0.5, 0.6) is 0 Å². The fourth-order valence-electron chi connectivity index (χ4n) is 3.39. The van der Waals surface area contributed by atoms with E-state index in [4.69, 9.17) is 5.10 Å². The van der Waals surface area contributed by atoms with Gasteiger partial charge in [0.1, 0.15) is 11.3 Å². The smallest absolute Gasteiger partial charge is 0.340 e. The average Bonchev–Trinajstić information content (AvgIpc) is 3.20. The molecule has 0 radical (unpaired) electrons. The Morgan fingerprint density at radius 2 is 2.16 bits per heavy atom. The first-order valence-electron chi connectivity index (χ1n) is 8.66. The van der Waals surface area contributed by atoms with Gasteiger partial charge < -0.3 is 4.90 Å². The van der Waals surface area contributed by atoms with Crippen LogP contribution in [0.3, 0.4) is 0 Å². The van der Waals surface area contributed by atoms with Gasteiger partial charge in [0.15, 0.2) is 5.82 Å². The van der Waals surface area contributed by atoms with E-state index in [0.29, 0.717) is 0 Å². The van der Waals surface area contributed by atoms with Gasteiger partial charge in [0.2, 0.25) is 0 Å². The predicted octanol–water partition coefficient (Wildman–Crippen LogP) is 1.82. The first kappa shape index (κ1) is 15.9. The Kier molecular flexibility index (Phi) is 3.63. The quantitative estimate of drug-likeness (QED) is 0.741. The molecule has 8 heteroatoms. The molecule has 1 saturated heterocycles. The SMILES string of the molecule is CC(C)(C)c1cc2c(N3CCCC(c4n[nH]c(=O)[nH]4)C3)nccn2n1. The fraction of sp³-hybridized carbons (Fsp3) is 0.529. The molecule has 132 valence electrons. The number of aromatic nitrogens is 6. The highest BCUT2D eigenvalue weighted by atomic mass is 16.1. The molecule has 0 bridgehead atoms. The van der Waals surface area contributed by atoms with Gasteiger partial charge >= 0.3 is 5.69 Å².